The van der Waals surface area contributed by atoms with Gasteiger partial charge in [-0.3, -0.25) is 18.6 Å². The molecule has 0 aliphatic carbocycles. The molecule has 11 nitrogen and oxygen atoms in total. The maximum absolute atomic E-state index is 12.4. The van der Waals surface area contributed by atoms with Gasteiger partial charge in [-0.15, -0.1) is 0 Å². The first kappa shape index (κ1) is 63.4. The summed E-state index contributed by atoms with van der Waals surface area (Å²) in [4.78, 5) is 46.2. The number of aliphatic hydroxyl groups excluding tert-OH is 1. The van der Waals surface area contributed by atoms with E-state index in [1.165, 1.54) is 148 Å². The molecule has 4 N–H and O–H groups in total. The van der Waals surface area contributed by atoms with Gasteiger partial charge in [0.2, 0.25) is 5.91 Å². The van der Waals surface area contributed by atoms with Crippen LogP contribution in [-0.4, -0.2) is 64.9 Å². The summed E-state index contributed by atoms with van der Waals surface area (Å²) in [6.45, 7) is 2.58. The number of amides is 1. The molecule has 0 saturated carbocycles. The van der Waals surface area contributed by atoms with Gasteiger partial charge >= 0.3 is 19.8 Å². The van der Waals surface area contributed by atoms with Gasteiger partial charge in [-0.05, 0) is 77.0 Å². The molecule has 0 fully saturated rings. The second-order valence-corrected chi connectivity index (χ2v) is 19.5. The van der Waals surface area contributed by atoms with Crippen LogP contribution in [0.25, 0.3) is 0 Å². The van der Waals surface area contributed by atoms with Crippen molar-refractivity contribution < 1.29 is 47.8 Å². The van der Waals surface area contributed by atoms with E-state index < -0.39 is 57.6 Å². The molecule has 0 aliphatic heterocycles. The SMILES string of the molecule is CCCCC/C=C\C/C=C\CCCCCCCCCCCCCCCC(=O)NC(COP(=O)(O)OCC(O)COC(=O)CCCCCCCCCCC/C=C\C/C=C\CCCCC)C(=O)O. The normalized spacial score (nSPS) is 13.9. The first-order valence-electron chi connectivity index (χ1n) is 26.7. The maximum Gasteiger partial charge on any atom is 0.472 e. The van der Waals surface area contributed by atoms with E-state index in [0.717, 1.165) is 57.8 Å². The number of unbranched alkanes of at least 4 members (excludes halogenated alkanes) is 28. The summed E-state index contributed by atoms with van der Waals surface area (Å²) in [7, 11) is -4.76. The zero-order chi connectivity index (χ0) is 48.4. The maximum atomic E-state index is 12.4. The molecule has 1 amide bonds. The van der Waals surface area contributed by atoms with Crippen molar-refractivity contribution in [2.75, 3.05) is 19.8 Å². The molecule has 384 valence electrons. The average Bonchev–Trinajstić information content (AvgIpc) is 3.29. The molecule has 0 saturated heterocycles. The summed E-state index contributed by atoms with van der Waals surface area (Å²) in [5.74, 6) is -2.37. The minimum absolute atomic E-state index is 0.144. The van der Waals surface area contributed by atoms with Crippen molar-refractivity contribution in [1.29, 1.82) is 0 Å². The van der Waals surface area contributed by atoms with E-state index in [-0.39, 0.29) is 12.8 Å². The number of carbonyl (C=O) groups excluding carboxylic acids is 2. The number of phosphoric acid groups is 1. The highest BCUT2D eigenvalue weighted by Crippen LogP contribution is 2.43. The Morgan fingerprint density at radius 1 is 0.485 bits per heavy atom. The topological polar surface area (TPSA) is 169 Å². The number of phosphoric ester groups is 1. The Hall–Kier alpha value is -2.56. The number of hydrogen-bond donors (Lipinski definition) is 4. The summed E-state index contributed by atoms with van der Waals surface area (Å²) in [5, 5.41) is 22.0. The Balaban J connectivity index is 3.81. The summed E-state index contributed by atoms with van der Waals surface area (Å²) in [6.07, 6.45) is 57.0. The van der Waals surface area contributed by atoms with Crippen molar-refractivity contribution in [1.82, 2.24) is 5.32 Å². The van der Waals surface area contributed by atoms with Gasteiger partial charge in [0.25, 0.3) is 0 Å². The Bertz CT molecular complexity index is 1300. The van der Waals surface area contributed by atoms with E-state index >= 15 is 0 Å². The third kappa shape index (κ3) is 47.9. The molecule has 3 unspecified atom stereocenters. The molecule has 0 rings (SSSR count). The summed E-state index contributed by atoms with van der Waals surface area (Å²) in [6, 6.07) is -1.55. The smallest absolute Gasteiger partial charge is 0.472 e. The minimum atomic E-state index is -4.76. The van der Waals surface area contributed by atoms with Gasteiger partial charge in [-0.2, -0.15) is 0 Å². The number of allylic oxidation sites excluding steroid dienone is 8. The van der Waals surface area contributed by atoms with Crippen molar-refractivity contribution in [3.8, 4) is 0 Å². The van der Waals surface area contributed by atoms with Crippen LogP contribution in [0.1, 0.15) is 245 Å². The number of hydrogen-bond acceptors (Lipinski definition) is 8. The zero-order valence-corrected chi connectivity index (χ0v) is 42.9. The highest BCUT2D eigenvalue weighted by molar-refractivity contribution is 7.47. The lowest BCUT2D eigenvalue weighted by Crippen LogP contribution is -2.43. The number of nitrogens with one attached hydrogen (secondary N) is 1. The van der Waals surface area contributed by atoms with Crippen LogP contribution in [-0.2, 0) is 32.7 Å². The molecule has 3 atom stereocenters. The Morgan fingerprint density at radius 3 is 1.23 bits per heavy atom. The number of carboxylic acids is 1. The molecule has 0 aromatic rings. The van der Waals surface area contributed by atoms with E-state index in [4.69, 9.17) is 13.8 Å². The molecule has 66 heavy (non-hydrogen) atoms. The van der Waals surface area contributed by atoms with Crippen molar-refractivity contribution in [2.45, 2.75) is 257 Å². The van der Waals surface area contributed by atoms with Gasteiger partial charge in [0.15, 0.2) is 6.04 Å². The van der Waals surface area contributed by atoms with Crippen LogP contribution in [0.15, 0.2) is 48.6 Å². The van der Waals surface area contributed by atoms with Crippen molar-refractivity contribution >= 4 is 25.7 Å². The molecule has 12 heteroatoms. The number of aliphatic hydroxyl groups is 1. The summed E-state index contributed by atoms with van der Waals surface area (Å²) < 4.78 is 27.0. The van der Waals surface area contributed by atoms with Crippen LogP contribution in [0.5, 0.6) is 0 Å². The van der Waals surface area contributed by atoms with Crippen LogP contribution in [0.2, 0.25) is 0 Å². The third-order valence-electron chi connectivity index (χ3n) is 11.6. The van der Waals surface area contributed by atoms with Crippen molar-refractivity contribution in [3.05, 3.63) is 48.6 Å². The monoisotopic (exact) mass is 952 g/mol. The Morgan fingerprint density at radius 2 is 0.833 bits per heavy atom. The Labute approximate surface area is 403 Å². The zero-order valence-electron chi connectivity index (χ0n) is 42.0. The fourth-order valence-electron chi connectivity index (χ4n) is 7.44. The highest BCUT2D eigenvalue weighted by atomic mass is 31.2. The number of ether oxygens (including phenoxy) is 1. The van der Waals surface area contributed by atoms with Gasteiger partial charge in [0, 0.05) is 12.8 Å². The molecule has 0 radical (unpaired) electrons. The van der Waals surface area contributed by atoms with Gasteiger partial charge in [-0.25, -0.2) is 9.36 Å². The summed E-state index contributed by atoms with van der Waals surface area (Å²) in [5.41, 5.74) is 0. The van der Waals surface area contributed by atoms with E-state index in [1.807, 2.05) is 0 Å². The number of carbonyl (C=O) groups is 3. The fraction of sp³-hybridized carbons (Fsp3) is 0.796. The largest absolute Gasteiger partial charge is 0.480 e. The Kier molecular flexibility index (Phi) is 47.0. The quantitative estimate of drug-likeness (QED) is 0.0199. The number of aliphatic carboxylic acids is 1. The molecule has 0 heterocycles. The third-order valence-corrected chi connectivity index (χ3v) is 12.5. The first-order valence-corrected chi connectivity index (χ1v) is 28.2. The molecule has 0 bridgehead atoms. The van der Waals surface area contributed by atoms with Crippen LogP contribution in [0.3, 0.4) is 0 Å². The van der Waals surface area contributed by atoms with Gasteiger partial charge in [-0.1, -0.05) is 204 Å². The lowest BCUT2D eigenvalue weighted by atomic mass is 10.0. The summed E-state index contributed by atoms with van der Waals surface area (Å²) >= 11 is 0. The molecule has 0 aliphatic rings. The van der Waals surface area contributed by atoms with Crippen LogP contribution < -0.4 is 5.32 Å². The standard InChI is InChI=1S/C54H98NO10P/c1-3-5-7-9-11-13-15-17-19-21-23-24-25-26-28-29-31-33-35-37-39-41-43-45-52(57)55-51(54(59)60)49-65-66(61,62)64-48-50(56)47-63-53(58)46-44-42-40-38-36-34-32-30-27-22-20-18-16-14-12-10-8-6-4-2/h11-14,17-20,50-51,56H,3-10,15-16,21-49H2,1-2H3,(H,55,57)(H,59,60)(H,61,62)/b13-11-,14-12-,19-17-,20-18-. The van der Waals surface area contributed by atoms with E-state index in [2.05, 4.69) is 67.8 Å². The molecule has 0 aromatic carbocycles. The number of esters is 1. The predicted molar refractivity (Wildman–Crippen MR) is 272 cm³/mol. The van der Waals surface area contributed by atoms with Crippen molar-refractivity contribution in [3.63, 3.8) is 0 Å². The lowest BCUT2D eigenvalue weighted by molar-refractivity contribution is -0.147. The second-order valence-electron chi connectivity index (χ2n) is 18.1. The van der Waals surface area contributed by atoms with Gasteiger partial charge < -0.3 is 25.2 Å². The van der Waals surface area contributed by atoms with E-state index in [1.54, 1.807) is 0 Å². The molecule has 0 aromatic heterocycles. The molecule has 0 spiro atoms. The van der Waals surface area contributed by atoms with Crippen LogP contribution in [0, 0.1) is 0 Å². The average molecular weight is 952 g/mol. The molecular formula is C54H98NO10P. The van der Waals surface area contributed by atoms with E-state index in [0.29, 0.717) is 12.8 Å². The highest BCUT2D eigenvalue weighted by Gasteiger charge is 2.28. The van der Waals surface area contributed by atoms with Crippen molar-refractivity contribution in [2.24, 2.45) is 0 Å². The molecular weight excluding hydrogens is 854 g/mol. The van der Waals surface area contributed by atoms with Crippen LogP contribution >= 0.6 is 7.82 Å². The first-order chi connectivity index (χ1) is 32.1. The predicted octanol–water partition coefficient (Wildman–Crippen LogP) is 14.9. The number of carboxylic acid groups (broad SMARTS) is 1. The number of rotatable bonds is 50. The van der Waals surface area contributed by atoms with Gasteiger partial charge in [0.1, 0.15) is 12.7 Å². The second kappa shape index (κ2) is 48.9. The minimum Gasteiger partial charge on any atom is -0.480 e. The van der Waals surface area contributed by atoms with Crippen LogP contribution in [0.4, 0.5) is 0 Å². The van der Waals surface area contributed by atoms with Gasteiger partial charge in [0.05, 0.1) is 13.2 Å². The fourth-order valence-corrected chi connectivity index (χ4v) is 8.21. The lowest BCUT2D eigenvalue weighted by Gasteiger charge is -2.18. The van der Waals surface area contributed by atoms with E-state index in [9.17, 15) is 34.1 Å².